The molecule has 0 unspecified atom stereocenters. The van der Waals surface area contributed by atoms with Crippen molar-refractivity contribution in [3.8, 4) is 0 Å². The molecule has 0 saturated carbocycles. The maximum absolute atomic E-state index is 12.3. The van der Waals surface area contributed by atoms with Crippen molar-refractivity contribution in [1.82, 2.24) is 0 Å². The molecule has 116 valence electrons. The van der Waals surface area contributed by atoms with Crippen molar-refractivity contribution in [3.63, 3.8) is 0 Å². The highest BCUT2D eigenvalue weighted by Crippen LogP contribution is 2.17. The van der Waals surface area contributed by atoms with E-state index in [9.17, 15) is 13.2 Å². The normalized spacial score (nSPS) is 11.2. The molecular formula is C16H16BrNO3S. The first-order chi connectivity index (χ1) is 10.4. The maximum atomic E-state index is 12.3. The van der Waals surface area contributed by atoms with E-state index in [4.69, 9.17) is 0 Å². The highest BCUT2D eigenvalue weighted by Gasteiger charge is 2.14. The van der Waals surface area contributed by atoms with Gasteiger partial charge >= 0.3 is 0 Å². The molecule has 0 aliphatic carbocycles. The zero-order chi connectivity index (χ0) is 16.2. The van der Waals surface area contributed by atoms with Gasteiger partial charge in [0.15, 0.2) is 5.78 Å². The topological polar surface area (TPSA) is 63.2 Å². The Morgan fingerprint density at radius 3 is 2.14 bits per heavy atom. The van der Waals surface area contributed by atoms with Gasteiger partial charge in [0.25, 0.3) is 10.0 Å². The Morgan fingerprint density at radius 1 is 1.05 bits per heavy atom. The summed E-state index contributed by atoms with van der Waals surface area (Å²) in [6, 6.07) is 13.1. The highest BCUT2D eigenvalue weighted by atomic mass is 79.9. The van der Waals surface area contributed by atoms with Gasteiger partial charge in [0.2, 0.25) is 0 Å². The minimum Gasteiger partial charge on any atom is -0.295 e. The smallest absolute Gasteiger partial charge is 0.261 e. The second-order valence-electron chi connectivity index (χ2n) is 4.82. The average molecular weight is 382 g/mol. The molecule has 0 fully saturated rings. The fraction of sp³-hybridized carbons (Fsp3) is 0.188. The summed E-state index contributed by atoms with van der Waals surface area (Å²) in [6.45, 7) is 1.47. The number of nitrogens with one attached hydrogen (secondary N) is 1. The lowest BCUT2D eigenvalue weighted by atomic mass is 10.1. The van der Waals surface area contributed by atoms with Crippen LogP contribution in [0.5, 0.6) is 0 Å². The minimum atomic E-state index is -3.62. The number of hydrogen-bond donors (Lipinski definition) is 1. The molecule has 2 rings (SSSR count). The highest BCUT2D eigenvalue weighted by molar-refractivity contribution is 9.09. The van der Waals surface area contributed by atoms with Gasteiger partial charge in [-0.3, -0.25) is 9.52 Å². The Morgan fingerprint density at radius 2 is 1.64 bits per heavy atom. The summed E-state index contributed by atoms with van der Waals surface area (Å²) in [6.07, 6.45) is 0.847. The van der Waals surface area contributed by atoms with Crippen LogP contribution < -0.4 is 4.72 Å². The molecule has 0 amide bonds. The van der Waals surface area contributed by atoms with Crippen LogP contribution in [0.2, 0.25) is 0 Å². The van der Waals surface area contributed by atoms with Crippen molar-refractivity contribution in [2.24, 2.45) is 0 Å². The van der Waals surface area contributed by atoms with Crippen LogP contribution in [0.25, 0.3) is 0 Å². The van der Waals surface area contributed by atoms with E-state index in [1.54, 1.807) is 48.5 Å². The number of ketones is 1. The van der Waals surface area contributed by atoms with Gasteiger partial charge < -0.3 is 0 Å². The summed E-state index contributed by atoms with van der Waals surface area (Å²) in [5.41, 5.74) is 2.04. The molecular weight excluding hydrogens is 366 g/mol. The number of alkyl halides is 1. The second kappa shape index (κ2) is 7.07. The third-order valence-electron chi connectivity index (χ3n) is 3.16. The minimum absolute atomic E-state index is 0.0585. The number of carbonyl (C=O) groups excluding carboxylic acids is 1. The Kier molecular flexibility index (Phi) is 5.37. The lowest BCUT2D eigenvalue weighted by Crippen LogP contribution is -2.13. The van der Waals surface area contributed by atoms with Gasteiger partial charge in [-0.15, -0.1) is 0 Å². The lowest BCUT2D eigenvalue weighted by molar-refractivity contribution is 0.101. The van der Waals surface area contributed by atoms with Gasteiger partial charge in [0.05, 0.1) is 4.90 Å². The maximum Gasteiger partial charge on any atom is 0.261 e. The van der Waals surface area contributed by atoms with E-state index < -0.39 is 10.0 Å². The number of benzene rings is 2. The lowest BCUT2D eigenvalue weighted by Gasteiger charge is -2.09. The Hall–Kier alpha value is -1.66. The largest absolute Gasteiger partial charge is 0.295 e. The van der Waals surface area contributed by atoms with Crippen molar-refractivity contribution in [2.75, 3.05) is 10.1 Å². The number of Topliss-reactive ketones (excluding diaryl/α,β-unsaturated/α-hetero) is 1. The molecule has 0 heterocycles. The molecule has 0 atom stereocenters. The van der Waals surface area contributed by atoms with Gasteiger partial charge in [-0.1, -0.05) is 28.1 Å². The van der Waals surface area contributed by atoms with Crippen molar-refractivity contribution in [3.05, 3.63) is 59.7 Å². The predicted molar refractivity (Wildman–Crippen MR) is 91.2 cm³/mol. The second-order valence-corrected chi connectivity index (χ2v) is 7.30. The Balaban J connectivity index is 2.18. The van der Waals surface area contributed by atoms with E-state index in [1.807, 2.05) is 0 Å². The number of hydrogen-bond acceptors (Lipinski definition) is 3. The average Bonchev–Trinajstić information content (AvgIpc) is 2.48. The summed E-state index contributed by atoms with van der Waals surface area (Å²) < 4.78 is 27.1. The van der Waals surface area contributed by atoms with Crippen molar-refractivity contribution < 1.29 is 13.2 Å². The first-order valence-corrected chi connectivity index (χ1v) is 9.31. The molecule has 0 bridgehead atoms. The van der Waals surface area contributed by atoms with Crippen molar-refractivity contribution in [2.45, 2.75) is 18.2 Å². The van der Waals surface area contributed by atoms with Gasteiger partial charge in [0.1, 0.15) is 0 Å². The molecule has 1 N–H and O–H groups in total. The van der Waals surface area contributed by atoms with Crippen LogP contribution in [0.4, 0.5) is 5.69 Å². The number of sulfonamides is 1. The molecule has 0 aromatic heterocycles. The molecule has 2 aromatic rings. The van der Waals surface area contributed by atoms with E-state index in [0.717, 1.165) is 17.3 Å². The Bertz CT molecular complexity index is 753. The quantitative estimate of drug-likeness (QED) is 0.613. The van der Waals surface area contributed by atoms with Crippen LogP contribution in [0.15, 0.2) is 53.4 Å². The molecule has 0 saturated heterocycles. The van der Waals surface area contributed by atoms with Crippen LogP contribution >= 0.6 is 15.9 Å². The molecule has 2 aromatic carbocycles. The summed E-state index contributed by atoms with van der Waals surface area (Å²) in [5, 5.41) is 0.833. The molecule has 0 aliphatic rings. The molecule has 0 radical (unpaired) electrons. The number of anilines is 1. The summed E-state index contributed by atoms with van der Waals surface area (Å²) in [7, 11) is -3.62. The predicted octanol–water partition coefficient (Wildman–Crippen LogP) is 3.63. The monoisotopic (exact) mass is 381 g/mol. The van der Waals surface area contributed by atoms with E-state index >= 15 is 0 Å². The van der Waals surface area contributed by atoms with Crippen LogP contribution in [0.1, 0.15) is 22.8 Å². The summed E-state index contributed by atoms with van der Waals surface area (Å²) >= 11 is 3.35. The zero-order valence-electron chi connectivity index (χ0n) is 12.0. The van der Waals surface area contributed by atoms with Gasteiger partial charge in [-0.05, 0) is 55.3 Å². The van der Waals surface area contributed by atoms with E-state index in [2.05, 4.69) is 20.7 Å². The molecule has 0 spiro atoms. The standard InChI is InChI=1S/C16H16BrNO3S/c1-12(19)14-4-6-15(7-5-14)18-22(20,21)16-8-2-13(3-9-16)10-11-17/h2-9,18H,10-11H2,1H3. The number of halogens is 1. The SMILES string of the molecule is CC(=O)c1ccc(NS(=O)(=O)c2ccc(CCBr)cc2)cc1. The van der Waals surface area contributed by atoms with Crippen LogP contribution in [0, 0.1) is 0 Å². The van der Waals surface area contributed by atoms with Gasteiger partial charge in [0, 0.05) is 16.6 Å². The van der Waals surface area contributed by atoms with E-state index in [-0.39, 0.29) is 10.7 Å². The van der Waals surface area contributed by atoms with Crippen LogP contribution in [0.3, 0.4) is 0 Å². The number of carbonyl (C=O) groups is 1. The summed E-state index contributed by atoms with van der Waals surface area (Å²) in [4.78, 5) is 11.4. The third-order valence-corrected chi connectivity index (χ3v) is 4.95. The molecule has 0 aliphatic heterocycles. The first-order valence-electron chi connectivity index (χ1n) is 6.71. The number of rotatable bonds is 6. The van der Waals surface area contributed by atoms with E-state index in [0.29, 0.717) is 11.3 Å². The van der Waals surface area contributed by atoms with Gasteiger partial charge in [-0.25, -0.2) is 8.42 Å². The van der Waals surface area contributed by atoms with Crippen molar-refractivity contribution in [1.29, 1.82) is 0 Å². The number of aryl methyl sites for hydroxylation is 1. The summed E-state index contributed by atoms with van der Waals surface area (Å²) in [5.74, 6) is -0.0585. The molecule has 22 heavy (non-hydrogen) atoms. The first kappa shape index (κ1) is 16.7. The molecule has 6 heteroatoms. The third kappa shape index (κ3) is 4.18. The fourth-order valence-corrected chi connectivity index (χ4v) is 3.45. The molecule has 4 nitrogen and oxygen atoms in total. The fourth-order valence-electron chi connectivity index (χ4n) is 1.93. The van der Waals surface area contributed by atoms with Crippen molar-refractivity contribution >= 4 is 37.4 Å². The van der Waals surface area contributed by atoms with Crippen LogP contribution in [-0.4, -0.2) is 19.5 Å². The zero-order valence-corrected chi connectivity index (χ0v) is 14.4. The van der Waals surface area contributed by atoms with Crippen LogP contribution in [-0.2, 0) is 16.4 Å². The Labute approximate surface area is 138 Å². The van der Waals surface area contributed by atoms with E-state index in [1.165, 1.54) is 6.92 Å². The van der Waals surface area contributed by atoms with Gasteiger partial charge in [-0.2, -0.15) is 0 Å².